The van der Waals surface area contributed by atoms with Gasteiger partial charge in [-0.2, -0.15) is 0 Å². The molecular weight excluding hydrogens is 184 g/mol. The van der Waals surface area contributed by atoms with E-state index in [0.717, 1.165) is 12.8 Å². The first-order valence-corrected chi connectivity index (χ1v) is 4.78. The molecule has 0 aromatic carbocycles. The molecule has 82 valence electrons. The summed E-state index contributed by atoms with van der Waals surface area (Å²) >= 11 is 0. The summed E-state index contributed by atoms with van der Waals surface area (Å²) in [4.78, 5) is 13.1. The van der Waals surface area contributed by atoms with Gasteiger partial charge in [-0.05, 0) is 12.8 Å². The van der Waals surface area contributed by atoms with Crippen LogP contribution in [0.2, 0.25) is 0 Å². The predicted molar refractivity (Wildman–Crippen MR) is 51.7 cm³/mol. The van der Waals surface area contributed by atoms with E-state index in [2.05, 4.69) is 0 Å². The fourth-order valence-corrected chi connectivity index (χ4v) is 1.72. The van der Waals surface area contributed by atoms with Crippen molar-refractivity contribution in [1.82, 2.24) is 4.90 Å². The van der Waals surface area contributed by atoms with E-state index in [0.29, 0.717) is 13.1 Å². The minimum atomic E-state index is -0.623. The summed E-state index contributed by atoms with van der Waals surface area (Å²) in [6.45, 7) is 1.14. The summed E-state index contributed by atoms with van der Waals surface area (Å²) in [5.41, 5.74) is 5.27. The molecule has 1 aliphatic rings. The fraction of sp³-hybridized carbons (Fsp3) is 0.889. The summed E-state index contributed by atoms with van der Waals surface area (Å²) < 4.78 is 4.76. The molecule has 0 saturated carbocycles. The van der Waals surface area contributed by atoms with E-state index in [9.17, 15) is 4.79 Å². The topological polar surface area (TPSA) is 75.8 Å². The quantitative estimate of drug-likeness (QED) is 0.612. The van der Waals surface area contributed by atoms with Gasteiger partial charge in [0.1, 0.15) is 6.61 Å². The Kier molecular flexibility index (Phi) is 3.86. The van der Waals surface area contributed by atoms with Gasteiger partial charge in [0.15, 0.2) is 0 Å². The van der Waals surface area contributed by atoms with Crippen LogP contribution in [0.25, 0.3) is 0 Å². The number of nitrogens with zero attached hydrogens (tertiary/aromatic N) is 1. The molecule has 1 atom stereocenters. The third kappa shape index (κ3) is 2.67. The van der Waals surface area contributed by atoms with Gasteiger partial charge in [0.2, 0.25) is 5.91 Å². The highest BCUT2D eigenvalue weighted by molar-refractivity contribution is 5.77. The van der Waals surface area contributed by atoms with Crippen LogP contribution in [0.4, 0.5) is 0 Å². The number of hydrogen-bond donors (Lipinski definition) is 2. The lowest BCUT2D eigenvalue weighted by Crippen LogP contribution is -2.58. The van der Waals surface area contributed by atoms with Gasteiger partial charge in [-0.15, -0.1) is 0 Å². The van der Waals surface area contributed by atoms with E-state index in [1.165, 1.54) is 7.11 Å². The number of carbonyl (C=O) groups is 1. The van der Waals surface area contributed by atoms with Crippen molar-refractivity contribution in [3.05, 3.63) is 0 Å². The van der Waals surface area contributed by atoms with E-state index < -0.39 is 5.54 Å². The third-order valence-corrected chi connectivity index (χ3v) is 2.54. The Morgan fingerprint density at radius 1 is 1.71 bits per heavy atom. The molecule has 0 spiro atoms. The lowest BCUT2D eigenvalue weighted by Gasteiger charge is -2.38. The number of hydrogen-bond acceptors (Lipinski definition) is 4. The Balaban J connectivity index is 2.51. The molecule has 3 N–H and O–H groups in total. The van der Waals surface area contributed by atoms with Crippen molar-refractivity contribution in [2.75, 3.05) is 33.4 Å². The van der Waals surface area contributed by atoms with Crippen molar-refractivity contribution >= 4 is 5.91 Å². The number of rotatable bonds is 3. The molecule has 1 rings (SSSR count). The Bertz CT molecular complexity index is 210. The smallest absolute Gasteiger partial charge is 0.248 e. The van der Waals surface area contributed by atoms with Crippen LogP contribution in [0, 0.1) is 0 Å². The highest BCUT2D eigenvalue weighted by Crippen LogP contribution is 2.18. The standard InChI is InChI=1S/C9H18N2O3/c1-14-5-8(13)11-4-2-3-9(10,6-11)7-12/h12H,2-7,10H2,1H3. The molecule has 1 heterocycles. The number of aliphatic hydroxyl groups is 1. The molecule has 14 heavy (non-hydrogen) atoms. The van der Waals surface area contributed by atoms with Crippen LogP contribution < -0.4 is 5.73 Å². The van der Waals surface area contributed by atoms with Crippen LogP contribution >= 0.6 is 0 Å². The zero-order valence-corrected chi connectivity index (χ0v) is 8.53. The molecular formula is C9H18N2O3. The van der Waals surface area contributed by atoms with Gasteiger partial charge in [0.25, 0.3) is 0 Å². The van der Waals surface area contributed by atoms with E-state index in [4.69, 9.17) is 15.6 Å². The number of aliphatic hydroxyl groups excluding tert-OH is 1. The number of piperidine rings is 1. The van der Waals surface area contributed by atoms with Crippen molar-refractivity contribution in [2.24, 2.45) is 5.73 Å². The molecule has 0 aromatic heterocycles. The fourth-order valence-electron chi connectivity index (χ4n) is 1.72. The maximum absolute atomic E-state index is 11.5. The van der Waals surface area contributed by atoms with Crippen LogP contribution in [0.1, 0.15) is 12.8 Å². The summed E-state index contributed by atoms with van der Waals surface area (Å²) in [6, 6.07) is 0. The molecule has 1 unspecified atom stereocenters. The summed E-state index contributed by atoms with van der Waals surface area (Å²) in [7, 11) is 1.49. The highest BCUT2D eigenvalue weighted by Gasteiger charge is 2.32. The van der Waals surface area contributed by atoms with Gasteiger partial charge in [-0.3, -0.25) is 4.79 Å². The molecule has 0 aromatic rings. The average Bonchev–Trinajstić information content (AvgIpc) is 2.18. The summed E-state index contributed by atoms with van der Waals surface area (Å²) in [5.74, 6) is -0.0597. The third-order valence-electron chi connectivity index (χ3n) is 2.54. The maximum Gasteiger partial charge on any atom is 0.248 e. The molecule has 5 nitrogen and oxygen atoms in total. The maximum atomic E-state index is 11.5. The van der Waals surface area contributed by atoms with Gasteiger partial charge in [0.05, 0.1) is 12.1 Å². The SMILES string of the molecule is COCC(=O)N1CCCC(N)(CO)C1. The van der Waals surface area contributed by atoms with Crippen molar-refractivity contribution in [2.45, 2.75) is 18.4 Å². The number of methoxy groups -OCH3 is 1. The molecule has 0 radical (unpaired) electrons. The normalized spacial score (nSPS) is 27.8. The average molecular weight is 202 g/mol. The minimum Gasteiger partial charge on any atom is -0.394 e. The van der Waals surface area contributed by atoms with Gasteiger partial charge < -0.3 is 20.5 Å². The van der Waals surface area contributed by atoms with E-state index >= 15 is 0 Å². The number of nitrogens with two attached hydrogens (primary N) is 1. The van der Waals surface area contributed by atoms with Gasteiger partial charge >= 0.3 is 0 Å². The zero-order chi connectivity index (χ0) is 10.6. The molecule has 1 fully saturated rings. The molecule has 1 amide bonds. The van der Waals surface area contributed by atoms with Gasteiger partial charge in [-0.25, -0.2) is 0 Å². The van der Waals surface area contributed by atoms with Gasteiger partial charge in [-0.1, -0.05) is 0 Å². The first-order valence-electron chi connectivity index (χ1n) is 4.78. The number of carbonyl (C=O) groups excluding carboxylic acids is 1. The van der Waals surface area contributed by atoms with Crippen molar-refractivity contribution in [3.8, 4) is 0 Å². The number of ether oxygens (including phenoxy) is 1. The molecule has 0 bridgehead atoms. The first kappa shape index (κ1) is 11.4. The summed E-state index contributed by atoms with van der Waals surface area (Å²) in [6.07, 6.45) is 1.60. The molecule has 0 aliphatic carbocycles. The summed E-state index contributed by atoms with van der Waals surface area (Å²) in [5, 5.41) is 9.09. The van der Waals surface area contributed by atoms with Crippen LogP contribution in [-0.2, 0) is 9.53 Å². The number of likely N-dealkylation sites (tertiary alicyclic amines) is 1. The van der Waals surface area contributed by atoms with E-state index in [-0.39, 0.29) is 19.1 Å². The highest BCUT2D eigenvalue weighted by atomic mass is 16.5. The van der Waals surface area contributed by atoms with Crippen molar-refractivity contribution in [1.29, 1.82) is 0 Å². The Morgan fingerprint density at radius 2 is 2.43 bits per heavy atom. The van der Waals surface area contributed by atoms with Crippen molar-refractivity contribution in [3.63, 3.8) is 0 Å². The van der Waals surface area contributed by atoms with Crippen molar-refractivity contribution < 1.29 is 14.6 Å². The Morgan fingerprint density at radius 3 is 3.00 bits per heavy atom. The molecule has 1 saturated heterocycles. The van der Waals surface area contributed by atoms with Crippen LogP contribution in [-0.4, -0.2) is 54.9 Å². The predicted octanol–water partition coefficient (Wildman–Crippen LogP) is -1.05. The largest absolute Gasteiger partial charge is 0.394 e. The van der Waals surface area contributed by atoms with Crippen LogP contribution in [0.15, 0.2) is 0 Å². The Labute approximate surface area is 83.8 Å². The molecule has 1 aliphatic heterocycles. The van der Waals surface area contributed by atoms with E-state index in [1.54, 1.807) is 4.90 Å². The monoisotopic (exact) mass is 202 g/mol. The molecule has 5 heteroatoms. The zero-order valence-electron chi connectivity index (χ0n) is 8.53. The second-order valence-electron chi connectivity index (χ2n) is 3.87. The Hall–Kier alpha value is -0.650. The van der Waals surface area contributed by atoms with Crippen LogP contribution in [0.5, 0.6) is 0 Å². The second-order valence-corrected chi connectivity index (χ2v) is 3.87. The lowest BCUT2D eigenvalue weighted by atomic mass is 9.91. The van der Waals surface area contributed by atoms with Crippen LogP contribution in [0.3, 0.4) is 0 Å². The second kappa shape index (κ2) is 4.72. The first-order chi connectivity index (χ1) is 6.61. The van der Waals surface area contributed by atoms with E-state index in [1.807, 2.05) is 0 Å². The number of amides is 1. The van der Waals surface area contributed by atoms with Gasteiger partial charge in [0, 0.05) is 20.2 Å². The minimum absolute atomic E-state index is 0.0597. The lowest BCUT2D eigenvalue weighted by molar-refractivity contribution is -0.137.